The van der Waals surface area contributed by atoms with E-state index in [4.69, 9.17) is 4.74 Å². The normalized spacial score (nSPS) is 22.4. The molecule has 5 nitrogen and oxygen atoms in total. The number of thiophene rings is 1. The van der Waals surface area contributed by atoms with Gasteiger partial charge in [0.1, 0.15) is 0 Å². The Hall–Kier alpha value is -0.950. The maximum atomic E-state index is 13.2. The van der Waals surface area contributed by atoms with Gasteiger partial charge >= 0.3 is 0 Å². The van der Waals surface area contributed by atoms with Crippen molar-refractivity contribution in [3.8, 4) is 0 Å². The van der Waals surface area contributed by atoms with E-state index in [9.17, 15) is 4.79 Å². The maximum Gasteiger partial charge on any atom is 0.254 e. The second-order valence-corrected chi connectivity index (χ2v) is 8.70. The number of likely N-dealkylation sites (N-methyl/N-ethyl adjacent to an activating group) is 1. The van der Waals surface area contributed by atoms with E-state index in [1.54, 1.807) is 18.4 Å². The molecule has 27 heavy (non-hydrogen) atoms. The topological polar surface area (TPSA) is 36.0 Å². The lowest BCUT2D eigenvalue weighted by molar-refractivity contribution is 0.0617. The fourth-order valence-corrected chi connectivity index (χ4v) is 5.14. The summed E-state index contributed by atoms with van der Waals surface area (Å²) in [6.07, 6.45) is 4.84. The van der Waals surface area contributed by atoms with Gasteiger partial charge in [0.05, 0.1) is 12.2 Å². The summed E-state index contributed by atoms with van der Waals surface area (Å²) >= 11 is 1.61. The number of likely N-dealkylation sites (tertiary alicyclic amines) is 2. The Morgan fingerprint density at radius 2 is 2.07 bits per heavy atom. The van der Waals surface area contributed by atoms with Gasteiger partial charge in [0.15, 0.2) is 0 Å². The number of carbonyl (C=O) groups is 1. The minimum atomic E-state index is 0.223. The molecule has 0 radical (unpaired) electrons. The predicted molar refractivity (Wildman–Crippen MR) is 112 cm³/mol. The van der Waals surface area contributed by atoms with Gasteiger partial charge in [-0.1, -0.05) is 6.92 Å². The number of hydrogen-bond donors (Lipinski definition) is 0. The lowest BCUT2D eigenvalue weighted by Gasteiger charge is -2.36. The third-order valence-electron chi connectivity index (χ3n) is 6.19. The maximum absolute atomic E-state index is 13.2. The van der Waals surface area contributed by atoms with E-state index >= 15 is 0 Å². The highest BCUT2D eigenvalue weighted by molar-refractivity contribution is 7.08. The Balaban J connectivity index is 1.59. The van der Waals surface area contributed by atoms with Crippen molar-refractivity contribution in [1.29, 1.82) is 0 Å². The second kappa shape index (κ2) is 10.6. The second-order valence-electron chi connectivity index (χ2n) is 7.92. The zero-order valence-electron chi connectivity index (χ0n) is 16.9. The molecular formula is C21H35N3O2S. The molecule has 0 bridgehead atoms. The van der Waals surface area contributed by atoms with Gasteiger partial charge in [0.2, 0.25) is 0 Å². The summed E-state index contributed by atoms with van der Waals surface area (Å²) < 4.78 is 5.21. The van der Waals surface area contributed by atoms with Crippen LogP contribution in [0.25, 0.3) is 0 Å². The predicted octanol–water partition coefficient (Wildman–Crippen LogP) is 3.03. The largest absolute Gasteiger partial charge is 0.383 e. The van der Waals surface area contributed by atoms with E-state index < -0.39 is 0 Å². The number of methoxy groups -OCH3 is 1. The van der Waals surface area contributed by atoms with Gasteiger partial charge in [0.25, 0.3) is 5.91 Å². The van der Waals surface area contributed by atoms with E-state index in [2.05, 4.69) is 21.6 Å². The van der Waals surface area contributed by atoms with E-state index in [0.717, 1.165) is 51.4 Å². The first-order valence-corrected chi connectivity index (χ1v) is 11.4. The molecule has 6 heteroatoms. The number of piperidine rings is 1. The minimum absolute atomic E-state index is 0.223. The van der Waals surface area contributed by atoms with Gasteiger partial charge in [-0.2, -0.15) is 11.3 Å². The van der Waals surface area contributed by atoms with Crippen molar-refractivity contribution in [2.45, 2.75) is 38.6 Å². The lowest BCUT2D eigenvalue weighted by atomic mass is 9.95. The van der Waals surface area contributed by atoms with E-state index in [1.165, 1.54) is 32.2 Å². The molecule has 2 aliphatic rings. The molecule has 0 unspecified atom stereocenters. The molecule has 2 saturated heterocycles. The van der Waals surface area contributed by atoms with Crippen LogP contribution in [-0.4, -0.2) is 86.2 Å². The number of nitrogens with zero attached hydrogens (tertiary/aromatic N) is 3. The van der Waals surface area contributed by atoms with Crippen molar-refractivity contribution in [3.63, 3.8) is 0 Å². The molecule has 3 heterocycles. The molecule has 1 atom stereocenters. The molecule has 1 amide bonds. The van der Waals surface area contributed by atoms with E-state index in [1.807, 2.05) is 16.8 Å². The Bertz CT molecular complexity index is 558. The van der Waals surface area contributed by atoms with Crippen molar-refractivity contribution < 1.29 is 9.53 Å². The summed E-state index contributed by atoms with van der Waals surface area (Å²) in [4.78, 5) is 20.3. The molecule has 152 valence electrons. The molecule has 1 aromatic rings. The molecule has 0 N–H and O–H groups in total. The Morgan fingerprint density at radius 1 is 1.26 bits per heavy atom. The third-order valence-corrected chi connectivity index (χ3v) is 6.87. The number of hydrogen-bond acceptors (Lipinski definition) is 5. The summed E-state index contributed by atoms with van der Waals surface area (Å²) in [5, 5.41) is 4.00. The van der Waals surface area contributed by atoms with Crippen molar-refractivity contribution in [1.82, 2.24) is 14.7 Å². The summed E-state index contributed by atoms with van der Waals surface area (Å²) in [7, 11) is 1.77. The molecular weight excluding hydrogens is 358 g/mol. The zero-order valence-corrected chi connectivity index (χ0v) is 17.8. The number of rotatable bonds is 9. The standard InChI is InChI=1S/C21H35N3O2S/c1-3-23-9-4-5-20(23)16-24(21(25)19-8-14-27-17-19)15-18-6-10-22(11-7-18)12-13-26-2/h8,14,17-18,20H,3-7,9-13,15-16H2,1-2H3/t20-/m0/s1. The van der Waals surface area contributed by atoms with Crippen molar-refractivity contribution in [2.24, 2.45) is 5.92 Å². The van der Waals surface area contributed by atoms with Crippen LogP contribution in [0.15, 0.2) is 16.8 Å². The van der Waals surface area contributed by atoms with Gasteiger partial charge in [-0.25, -0.2) is 0 Å². The van der Waals surface area contributed by atoms with Gasteiger partial charge in [-0.05, 0) is 69.2 Å². The van der Waals surface area contributed by atoms with Crippen LogP contribution in [0.2, 0.25) is 0 Å². The molecule has 3 rings (SSSR count). The highest BCUT2D eigenvalue weighted by Crippen LogP contribution is 2.23. The van der Waals surface area contributed by atoms with E-state index in [0.29, 0.717) is 12.0 Å². The number of ether oxygens (including phenoxy) is 1. The summed E-state index contributed by atoms with van der Waals surface area (Å²) in [6.45, 7) is 10.4. The molecule has 0 aliphatic carbocycles. The van der Waals surface area contributed by atoms with E-state index in [-0.39, 0.29) is 5.91 Å². The van der Waals surface area contributed by atoms with Crippen LogP contribution in [0.5, 0.6) is 0 Å². The first-order valence-electron chi connectivity index (χ1n) is 10.5. The van der Waals surface area contributed by atoms with Crippen LogP contribution < -0.4 is 0 Å². The quantitative estimate of drug-likeness (QED) is 0.646. The monoisotopic (exact) mass is 393 g/mol. The molecule has 1 aromatic heterocycles. The SMILES string of the molecule is CCN1CCC[C@H]1CN(CC1CCN(CCOC)CC1)C(=O)c1ccsc1. The Morgan fingerprint density at radius 3 is 2.74 bits per heavy atom. The lowest BCUT2D eigenvalue weighted by Crippen LogP contribution is -2.46. The fraction of sp³-hybridized carbons (Fsp3) is 0.762. The van der Waals surface area contributed by atoms with Crippen LogP contribution >= 0.6 is 11.3 Å². The smallest absolute Gasteiger partial charge is 0.254 e. The summed E-state index contributed by atoms with van der Waals surface area (Å²) in [5.41, 5.74) is 0.860. The Kier molecular flexibility index (Phi) is 8.12. The number of carbonyl (C=O) groups excluding carboxylic acids is 1. The molecule has 0 spiro atoms. The summed E-state index contributed by atoms with van der Waals surface area (Å²) in [5.74, 6) is 0.837. The molecule has 2 aliphatic heterocycles. The highest BCUT2D eigenvalue weighted by atomic mass is 32.1. The number of amides is 1. The average Bonchev–Trinajstić information content (AvgIpc) is 3.38. The average molecular weight is 394 g/mol. The van der Waals surface area contributed by atoms with Crippen LogP contribution in [0.1, 0.15) is 43.0 Å². The van der Waals surface area contributed by atoms with Crippen molar-refractivity contribution in [2.75, 3.05) is 59.5 Å². The van der Waals surface area contributed by atoms with Gasteiger partial charge in [-0.3, -0.25) is 9.69 Å². The first kappa shape index (κ1) is 20.8. The molecule has 0 aromatic carbocycles. The minimum Gasteiger partial charge on any atom is -0.383 e. The van der Waals surface area contributed by atoms with Gasteiger partial charge < -0.3 is 14.5 Å². The van der Waals surface area contributed by atoms with Crippen LogP contribution in [-0.2, 0) is 4.74 Å². The van der Waals surface area contributed by atoms with Gasteiger partial charge in [-0.15, -0.1) is 0 Å². The summed E-state index contributed by atoms with van der Waals surface area (Å²) in [6, 6.07) is 2.50. The fourth-order valence-electron chi connectivity index (χ4n) is 4.51. The first-order chi connectivity index (χ1) is 13.2. The molecule has 2 fully saturated rings. The Labute approximate surface area is 168 Å². The van der Waals surface area contributed by atoms with Crippen molar-refractivity contribution >= 4 is 17.2 Å². The third kappa shape index (κ3) is 5.76. The van der Waals surface area contributed by atoms with Crippen LogP contribution in [0.3, 0.4) is 0 Å². The molecule has 0 saturated carbocycles. The zero-order chi connectivity index (χ0) is 19.1. The van der Waals surface area contributed by atoms with Crippen molar-refractivity contribution in [3.05, 3.63) is 22.4 Å². The van der Waals surface area contributed by atoms with Crippen LogP contribution in [0, 0.1) is 5.92 Å². The van der Waals surface area contributed by atoms with Crippen LogP contribution in [0.4, 0.5) is 0 Å². The van der Waals surface area contributed by atoms with Gasteiger partial charge in [0, 0.05) is 38.2 Å². The highest BCUT2D eigenvalue weighted by Gasteiger charge is 2.30.